The van der Waals surface area contributed by atoms with Gasteiger partial charge in [-0.15, -0.1) is 0 Å². The Labute approximate surface area is 194 Å². The van der Waals surface area contributed by atoms with Crippen molar-refractivity contribution in [2.75, 3.05) is 26.8 Å². The van der Waals surface area contributed by atoms with Crippen LogP contribution in [0.15, 0.2) is 36.4 Å². The average Bonchev–Trinajstić information content (AvgIpc) is 3.27. The van der Waals surface area contributed by atoms with E-state index in [1.54, 1.807) is 7.11 Å². The highest BCUT2D eigenvalue weighted by atomic mass is 16.5. The molecule has 1 N–H and O–H groups in total. The van der Waals surface area contributed by atoms with Crippen LogP contribution >= 0.6 is 0 Å². The highest BCUT2D eigenvalue weighted by Crippen LogP contribution is 2.27. The van der Waals surface area contributed by atoms with E-state index in [1.807, 2.05) is 24.0 Å². The van der Waals surface area contributed by atoms with Gasteiger partial charge in [-0.1, -0.05) is 12.1 Å². The smallest absolute Gasteiger partial charge is 0.274 e. The molecule has 0 bridgehead atoms. The van der Waals surface area contributed by atoms with Gasteiger partial charge in [-0.3, -0.25) is 14.9 Å². The maximum atomic E-state index is 13.3. The quantitative estimate of drug-likeness (QED) is 0.645. The van der Waals surface area contributed by atoms with Crippen LogP contribution in [-0.2, 0) is 24.0 Å². The number of morpholine rings is 1. The van der Waals surface area contributed by atoms with Gasteiger partial charge in [-0.25, -0.2) is 0 Å². The van der Waals surface area contributed by atoms with Gasteiger partial charge in [0, 0.05) is 23.5 Å². The zero-order chi connectivity index (χ0) is 22.8. The molecular formula is C26H30N4O3. The molecule has 0 spiro atoms. The van der Waals surface area contributed by atoms with Gasteiger partial charge < -0.3 is 14.4 Å². The van der Waals surface area contributed by atoms with Crippen molar-refractivity contribution in [3.63, 3.8) is 0 Å². The Morgan fingerprint density at radius 3 is 2.97 bits per heavy atom. The third kappa shape index (κ3) is 4.64. The lowest BCUT2D eigenvalue weighted by Gasteiger charge is -2.32. The maximum Gasteiger partial charge on any atom is 0.274 e. The standard InChI is InChI=1S/C26H30N4O3/c1-17-12-19(13-18-6-5-7-20(14-18)32-2)15-23(27-17)24-16-30(10-11-33-24)26(31)25-21-8-3-4-9-22(21)28-29-25/h5-7,12,14-15,24H,3-4,8-11,13,16H2,1-2H3,(H,28,29)/t24-/m1/s1. The second-order valence-corrected chi connectivity index (χ2v) is 8.92. The first kappa shape index (κ1) is 21.6. The number of rotatable bonds is 5. The van der Waals surface area contributed by atoms with Crippen molar-refractivity contribution in [2.45, 2.75) is 45.1 Å². The first-order chi connectivity index (χ1) is 16.1. The Morgan fingerprint density at radius 2 is 2.09 bits per heavy atom. The molecule has 5 rings (SSSR count). The van der Waals surface area contributed by atoms with Crippen LogP contribution in [0.5, 0.6) is 5.75 Å². The minimum Gasteiger partial charge on any atom is -0.497 e. The number of nitrogens with zero attached hydrogens (tertiary/aromatic N) is 3. The molecule has 1 aliphatic heterocycles. The lowest BCUT2D eigenvalue weighted by atomic mass is 9.95. The Kier molecular flexibility index (Phi) is 6.13. The van der Waals surface area contributed by atoms with E-state index in [-0.39, 0.29) is 12.0 Å². The molecule has 3 heterocycles. The lowest BCUT2D eigenvalue weighted by molar-refractivity contribution is -0.0250. The number of ether oxygens (including phenoxy) is 2. The number of H-pyrrole nitrogens is 1. The third-order valence-corrected chi connectivity index (χ3v) is 6.52. The fraction of sp³-hybridized carbons (Fsp3) is 0.423. The lowest BCUT2D eigenvalue weighted by Crippen LogP contribution is -2.43. The molecule has 1 amide bonds. The summed E-state index contributed by atoms with van der Waals surface area (Å²) >= 11 is 0. The Morgan fingerprint density at radius 1 is 1.21 bits per heavy atom. The summed E-state index contributed by atoms with van der Waals surface area (Å²) < 4.78 is 11.4. The molecule has 1 aromatic carbocycles. The highest BCUT2D eigenvalue weighted by molar-refractivity contribution is 5.94. The van der Waals surface area contributed by atoms with E-state index in [0.717, 1.165) is 60.5 Å². The molecule has 3 aromatic rings. The summed E-state index contributed by atoms with van der Waals surface area (Å²) in [5.74, 6) is 0.843. The zero-order valence-electron chi connectivity index (χ0n) is 19.3. The molecule has 7 nitrogen and oxygen atoms in total. The first-order valence-corrected chi connectivity index (χ1v) is 11.7. The number of carbonyl (C=O) groups excluding carboxylic acids is 1. The summed E-state index contributed by atoms with van der Waals surface area (Å²) in [4.78, 5) is 19.9. The number of benzene rings is 1. The highest BCUT2D eigenvalue weighted by Gasteiger charge is 2.31. The molecule has 7 heteroatoms. The predicted molar refractivity (Wildman–Crippen MR) is 125 cm³/mol. The molecule has 0 unspecified atom stereocenters. The summed E-state index contributed by atoms with van der Waals surface area (Å²) in [5.41, 5.74) is 6.96. The van der Waals surface area contributed by atoms with Crippen LogP contribution in [-0.4, -0.2) is 52.8 Å². The largest absolute Gasteiger partial charge is 0.497 e. The van der Waals surface area contributed by atoms with Gasteiger partial charge in [0.2, 0.25) is 0 Å². The van der Waals surface area contributed by atoms with Crippen LogP contribution in [0.3, 0.4) is 0 Å². The fourth-order valence-corrected chi connectivity index (χ4v) is 4.87. The van der Waals surface area contributed by atoms with E-state index in [4.69, 9.17) is 14.5 Å². The van der Waals surface area contributed by atoms with Crippen LogP contribution in [0.2, 0.25) is 0 Å². The van der Waals surface area contributed by atoms with Crippen LogP contribution in [0, 0.1) is 6.92 Å². The summed E-state index contributed by atoms with van der Waals surface area (Å²) in [6.07, 6.45) is 4.70. The Bertz CT molecular complexity index is 1160. The van der Waals surface area contributed by atoms with Crippen molar-refractivity contribution in [1.29, 1.82) is 0 Å². The normalized spacial score (nSPS) is 18.1. The van der Waals surface area contributed by atoms with E-state index < -0.39 is 0 Å². The number of hydrogen-bond acceptors (Lipinski definition) is 5. The molecule has 33 heavy (non-hydrogen) atoms. The molecule has 1 saturated heterocycles. The minimum absolute atomic E-state index is 0.00745. The van der Waals surface area contributed by atoms with E-state index in [1.165, 1.54) is 11.1 Å². The van der Waals surface area contributed by atoms with Gasteiger partial charge in [0.05, 0.1) is 26.0 Å². The zero-order valence-corrected chi connectivity index (χ0v) is 19.3. The van der Waals surface area contributed by atoms with Crippen molar-refractivity contribution >= 4 is 5.91 Å². The maximum absolute atomic E-state index is 13.3. The van der Waals surface area contributed by atoms with E-state index >= 15 is 0 Å². The van der Waals surface area contributed by atoms with Crippen molar-refractivity contribution < 1.29 is 14.3 Å². The Hall–Kier alpha value is -3.19. The number of aryl methyl sites for hydroxylation is 2. The van der Waals surface area contributed by atoms with Gasteiger partial charge in [0.25, 0.3) is 5.91 Å². The third-order valence-electron chi connectivity index (χ3n) is 6.52. The Balaban J connectivity index is 1.34. The molecule has 2 aliphatic rings. The van der Waals surface area contributed by atoms with Crippen LogP contribution in [0.1, 0.15) is 63.2 Å². The second kappa shape index (κ2) is 9.35. The molecule has 1 fully saturated rings. The molecule has 1 aliphatic carbocycles. The monoisotopic (exact) mass is 446 g/mol. The van der Waals surface area contributed by atoms with Crippen molar-refractivity contribution in [1.82, 2.24) is 20.1 Å². The van der Waals surface area contributed by atoms with E-state index in [2.05, 4.69) is 34.5 Å². The number of hydrogen-bond donors (Lipinski definition) is 1. The van der Waals surface area contributed by atoms with Gasteiger partial charge in [-0.2, -0.15) is 5.10 Å². The summed E-state index contributed by atoms with van der Waals surface area (Å²) in [7, 11) is 1.68. The molecular weight excluding hydrogens is 416 g/mol. The van der Waals surface area contributed by atoms with Crippen LogP contribution in [0.4, 0.5) is 0 Å². The molecule has 0 radical (unpaired) electrons. The summed E-state index contributed by atoms with van der Waals surface area (Å²) in [6.45, 7) is 3.54. The van der Waals surface area contributed by atoms with E-state index in [0.29, 0.717) is 25.4 Å². The molecule has 0 saturated carbocycles. The topological polar surface area (TPSA) is 80.3 Å². The number of aromatic nitrogens is 3. The van der Waals surface area contributed by atoms with Gasteiger partial charge in [0.1, 0.15) is 11.9 Å². The van der Waals surface area contributed by atoms with Crippen LogP contribution in [0.25, 0.3) is 0 Å². The summed E-state index contributed by atoms with van der Waals surface area (Å²) in [5, 5.41) is 7.46. The number of carbonyl (C=O) groups is 1. The number of methoxy groups -OCH3 is 1. The number of aromatic amines is 1. The average molecular weight is 447 g/mol. The van der Waals surface area contributed by atoms with Gasteiger partial charge >= 0.3 is 0 Å². The second-order valence-electron chi connectivity index (χ2n) is 8.92. The van der Waals surface area contributed by atoms with Gasteiger partial charge in [-0.05, 0) is 74.4 Å². The number of fused-ring (bicyclic) bond motifs is 1. The van der Waals surface area contributed by atoms with Crippen LogP contribution < -0.4 is 4.74 Å². The van der Waals surface area contributed by atoms with Crippen molar-refractivity contribution in [3.05, 3.63) is 75.9 Å². The van der Waals surface area contributed by atoms with Crippen molar-refractivity contribution in [2.24, 2.45) is 0 Å². The minimum atomic E-state index is -0.249. The first-order valence-electron chi connectivity index (χ1n) is 11.7. The number of nitrogens with one attached hydrogen (secondary N) is 1. The number of amides is 1. The summed E-state index contributed by atoms with van der Waals surface area (Å²) in [6, 6.07) is 12.3. The number of pyridine rings is 1. The SMILES string of the molecule is COc1cccc(Cc2cc(C)nc([C@H]3CN(C(=O)c4n[nH]c5c4CCCC5)CCO3)c2)c1. The molecule has 2 aromatic heterocycles. The predicted octanol–water partition coefficient (Wildman–Crippen LogP) is 3.81. The fourth-order valence-electron chi connectivity index (χ4n) is 4.87. The van der Waals surface area contributed by atoms with Crippen molar-refractivity contribution in [3.8, 4) is 5.75 Å². The van der Waals surface area contributed by atoms with Gasteiger partial charge in [0.15, 0.2) is 5.69 Å². The van der Waals surface area contributed by atoms with E-state index in [9.17, 15) is 4.79 Å². The molecule has 1 atom stereocenters. The molecule has 172 valence electrons.